The van der Waals surface area contributed by atoms with E-state index in [9.17, 15) is 14.3 Å². The van der Waals surface area contributed by atoms with Crippen molar-refractivity contribution >= 4 is 27.9 Å². The maximum Gasteiger partial charge on any atom is 0.273 e. The third-order valence-corrected chi connectivity index (χ3v) is 3.61. The first-order valence-electron chi connectivity index (χ1n) is 5.01. The van der Waals surface area contributed by atoms with Crippen molar-refractivity contribution in [2.75, 3.05) is 23.9 Å². The molecule has 1 rings (SSSR count). The van der Waals surface area contributed by atoms with Crippen LogP contribution >= 0.6 is 0 Å². The number of benzene rings is 1. The van der Waals surface area contributed by atoms with Crippen molar-refractivity contribution in [2.24, 2.45) is 0 Å². The molecule has 17 heavy (non-hydrogen) atoms. The zero-order valence-corrected chi connectivity index (χ0v) is 10.5. The SMILES string of the molecule is CC(CNc1cc(N)cc([N+](=O)[O-])c1)S(C)=O. The maximum absolute atomic E-state index is 11.1. The van der Waals surface area contributed by atoms with Gasteiger partial charge in [0.25, 0.3) is 5.69 Å². The summed E-state index contributed by atoms with van der Waals surface area (Å²) in [5.74, 6) is 0. The van der Waals surface area contributed by atoms with Crippen LogP contribution < -0.4 is 11.1 Å². The van der Waals surface area contributed by atoms with Crippen molar-refractivity contribution in [3.63, 3.8) is 0 Å². The number of nitrogens with two attached hydrogens (primary N) is 1. The van der Waals surface area contributed by atoms with Gasteiger partial charge in [-0.3, -0.25) is 14.3 Å². The van der Waals surface area contributed by atoms with Crippen LogP contribution in [0.3, 0.4) is 0 Å². The minimum Gasteiger partial charge on any atom is -0.398 e. The van der Waals surface area contributed by atoms with Gasteiger partial charge in [-0.25, -0.2) is 0 Å². The summed E-state index contributed by atoms with van der Waals surface area (Å²) in [5, 5.41) is 13.6. The summed E-state index contributed by atoms with van der Waals surface area (Å²) in [6.07, 6.45) is 1.62. The molecule has 0 aromatic heterocycles. The smallest absolute Gasteiger partial charge is 0.273 e. The van der Waals surface area contributed by atoms with Crippen molar-refractivity contribution in [1.82, 2.24) is 0 Å². The first kappa shape index (κ1) is 13.4. The zero-order valence-electron chi connectivity index (χ0n) is 9.67. The monoisotopic (exact) mass is 257 g/mol. The van der Waals surface area contributed by atoms with E-state index < -0.39 is 15.7 Å². The van der Waals surface area contributed by atoms with Gasteiger partial charge in [0.15, 0.2) is 0 Å². The minimum atomic E-state index is -0.931. The highest BCUT2D eigenvalue weighted by atomic mass is 32.2. The average Bonchev–Trinajstić information content (AvgIpc) is 2.24. The number of rotatable bonds is 5. The molecule has 0 aliphatic carbocycles. The summed E-state index contributed by atoms with van der Waals surface area (Å²) >= 11 is 0. The van der Waals surface area contributed by atoms with Gasteiger partial charge in [0.05, 0.1) is 4.92 Å². The Balaban J connectivity index is 2.78. The van der Waals surface area contributed by atoms with Crippen molar-refractivity contribution in [3.8, 4) is 0 Å². The van der Waals surface area contributed by atoms with E-state index in [2.05, 4.69) is 5.32 Å². The average molecular weight is 257 g/mol. The molecule has 0 radical (unpaired) electrons. The van der Waals surface area contributed by atoms with Gasteiger partial charge in [0, 0.05) is 52.4 Å². The Morgan fingerprint density at radius 3 is 2.71 bits per heavy atom. The zero-order chi connectivity index (χ0) is 13.0. The highest BCUT2D eigenvalue weighted by Crippen LogP contribution is 2.22. The Morgan fingerprint density at radius 1 is 1.53 bits per heavy atom. The summed E-state index contributed by atoms with van der Waals surface area (Å²) in [4.78, 5) is 10.1. The molecule has 6 nitrogen and oxygen atoms in total. The van der Waals surface area contributed by atoms with Crippen molar-refractivity contribution in [1.29, 1.82) is 0 Å². The number of anilines is 2. The second kappa shape index (κ2) is 5.62. The largest absolute Gasteiger partial charge is 0.398 e. The third kappa shape index (κ3) is 4.03. The van der Waals surface area contributed by atoms with E-state index >= 15 is 0 Å². The summed E-state index contributed by atoms with van der Waals surface area (Å²) < 4.78 is 11.1. The molecular formula is C10H15N3O3S. The van der Waals surface area contributed by atoms with E-state index in [-0.39, 0.29) is 10.9 Å². The summed E-state index contributed by atoms with van der Waals surface area (Å²) in [6.45, 7) is 2.31. The van der Waals surface area contributed by atoms with Gasteiger partial charge < -0.3 is 11.1 Å². The highest BCUT2D eigenvalue weighted by Gasteiger charge is 2.10. The molecule has 7 heteroatoms. The number of hydrogen-bond donors (Lipinski definition) is 2. The van der Waals surface area contributed by atoms with Crippen molar-refractivity contribution in [2.45, 2.75) is 12.2 Å². The molecule has 1 aromatic rings. The molecule has 3 N–H and O–H groups in total. The topological polar surface area (TPSA) is 98.3 Å². The van der Waals surface area contributed by atoms with E-state index in [1.165, 1.54) is 12.1 Å². The van der Waals surface area contributed by atoms with Crippen molar-refractivity contribution in [3.05, 3.63) is 28.3 Å². The van der Waals surface area contributed by atoms with Crippen LogP contribution in [0.5, 0.6) is 0 Å². The molecule has 0 spiro atoms. The van der Waals surface area contributed by atoms with Crippen LogP contribution in [0.2, 0.25) is 0 Å². The van der Waals surface area contributed by atoms with E-state index in [0.717, 1.165) is 0 Å². The molecule has 0 fully saturated rings. The molecule has 2 atom stereocenters. The standard InChI is InChI=1S/C10H15N3O3S/c1-7(17(2)16)6-12-9-3-8(11)4-10(5-9)13(14)15/h3-5,7,12H,6,11H2,1-2H3. The van der Waals surface area contributed by atoms with Gasteiger partial charge in [-0.1, -0.05) is 0 Å². The van der Waals surface area contributed by atoms with Crippen LogP contribution in [0.15, 0.2) is 18.2 Å². The van der Waals surface area contributed by atoms with Crippen molar-refractivity contribution < 1.29 is 9.13 Å². The molecule has 0 bridgehead atoms. The third-order valence-electron chi connectivity index (χ3n) is 2.31. The molecule has 0 aliphatic heterocycles. The summed E-state index contributed by atoms with van der Waals surface area (Å²) in [7, 11) is -0.931. The molecule has 94 valence electrons. The minimum absolute atomic E-state index is 0.0320. The van der Waals surface area contributed by atoms with Gasteiger partial charge in [-0.15, -0.1) is 0 Å². The van der Waals surface area contributed by atoms with E-state index in [1.807, 2.05) is 6.92 Å². The lowest BCUT2D eigenvalue weighted by Gasteiger charge is -2.11. The molecule has 0 saturated carbocycles. The fraction of sp³-hybridized carbons (Fsp3) is 0.400. The van der Waals surface area contributed by atoms with E-state index in [1.54, 1.807) is 12.3 Å². The van der Waals surface area contributed by atoms with Gasteiger partial charge in [-0.05, 0) is 13.0 Å². The summed E-state index contributed by atoms with van der Waals surface area (Å²) in [6, 6.07) is 4.31. The van der Waals surface area contributed by atoms with Crippen LogP contribution in [-0.2, 0) is 10.8 Å². The Morgan fingerprint density at radius 2 is 2.18 bits per heavy atom. The fourth-order valence-electron chi connectivity index (χ4n) is 1.22. The Bertz CT molecular complexity index is 450. The van der Waals surface area contributed by atoms with Gasteiger partial charge in [-0.2, -0.15) is 0 Å². The molecule has 0 amide bonds. The maximum atomic E-state index is 11.1. The van der Waals surface area contributed by atoms with Gasteiger partial charge in [0.1, 0.15) is 0 Å². The number of nitro groups is 1. The van der Waals surface area contributed by atoms with Gasteiger partial charge >= 0.3 is 0 Å². The second-order valence-electron chi connectivity index (χ2n) is 3.76. The normalized spacial score (nSPS) is 14.0. The molecule has 0 saturated heterocycles. The van der Waals surface area contributed by atoms with E-state index in [4.69, 9.17) is 5.73 Å². The number of nitrogen functional groups attached to an aromatic ring is 1. The van der Waals surface area contributed by atoms with Crippen LogP contribution in [0, 0.1) is 10.1 Å². The number of non-ortho nitro benzene ring substituents is 1. The number of nitrogens with zero attached hydrogens (tertiary/aromatic N) is 1. The molecular weight excluding hydrogens is 242 g/mol. The molecule has 0 aliphatic rings. The lowest BCUT2D eigenvalue weighted by atomic mass is 10.2. The van der Waals surface area contributed by atoms with Crippen LogP contribution in [0.1, 0.15) is 6.92 Å². The lowest BCUT2D eigenvalue weighted by molar-refractivity contribution is -0.384. The van der Waals surface area contributed by atoms with Crippen LogP contribution in [0.4, 0.5) is 17.1 Å². The Hall–Kier alpha value is -1.63. The Labute approximate surface area is 102 Å². The molecule has 2 unspecified atom stereocenters. The van der Waals surface area contributed by atoms with E-state index in [0.29, 0.717) is 17.9 Å². The van der Waals surface area contributed by atoms with Gasteiger partial charge in [0.2, 0.25) is 0 Å². The Kier molecular flexibility index (Phi) is 4.45. The predicted molar refractivity (Wildman–Crippen MR) is 69.5 cm³/mol. The number of nitro benzene ring substituents is 1. The number of hydrogen-bond acceptors (Lipinski definition) is 5. The highest BCUT2D eigenvalue weighted by molar-refractivity contribution is 7.84. The first-order valence-corrected chi connectivity index (χ1v) is 6.63. The fourth-order valence-corrected chi connectivity index (χ4v) is 1.54. The predicted octanol–water partition coefficient (Wildman–Crippen LogP) is 1.36. The second-order valence-corrected chi connectivity index (χ2v) is 5.56. The quantitative estimate of drug-likeness (QED) is 0.471. The first-order chi connectivity index (χ1) is 7.90. The molecule has 0 heterocycles. The van der Waals surface area contributed by atoms with Crippen LogP contribution in [0.25, 0.3) is 0 Å². The molecule has 1 aromatic carbocycles. The number of nitrogens with one attached hydrogen (secondary N) is 1. The summed E-state index contributed by atoms with van der Waals surface area (Å²) in [5.41, 5.74) is 6.39. The lowest BCUT2D eigenvalue weighted by Crippen LogP contribution is -2.20. The van der Waals surface area contributed by atoms with Crippen LogP contribution in [-0.4, -0.2) is 27.2 Å².